The first-order chi connectivity index (χ1) is 7.34. The first kappa shape index (κ1) is 8.77. The van der Waals surface area contributed by atoms with Gasteiger partial charge in [-0.2, -0.15) is 0 Å². The van der Waals surface area contributed by atoms with E-state index in [4.69, 9.17) is 0 Å². The Balaban J connectivity index is 1.96. The molecule has 0 amide bonds. The average molecular weight is 201 g/mol. The summed E-state index contributed by atoms with van der Waals surface area (Å²) in [5, 5.41) is 0. The molecule has 3 rings (SSSR count). The fourth-order valence-corrected chi connectivity index (χ4v) is 2.05. The summed E-state index contributed by atoms with van der Waals surface area (Å²) in [5.41, 5.74) is 2.18. The number of H-pyrrole nitrogens is 1. The lowest BCUT2D eigenvalue weighted by molar-refractivity contribution is 0.398. The van der Waals surface area contributed by atoms with Crippen molar-refractivity contribution in [2.75, 3.05) is 11.9 Å². The van der Waals surface area contributed by atoms with Gasteiger partial charge in [-0.25, -0.2) is 4.98 Å². The third-order valence-corrected chi connectivity index (χ3v) is 3.33. The molecule has 15 heavy (non-hydrogen) atoms. The van der Waals surface area contributed by atoms with Gasteiger partial charge in [0.1, 0.15) is 0 Å². The van der Waals surface area contributed by atoms with Gasteiger partial charge in [-0.05, 0) is 31.4 Å². The molecule has 1 N–H and O–H groups in total. The van der Waals surface area contributed by atoms with Crippen LogP contribution in [0, 0.1) is 0 Å². The predicted octanol–water partition coefficient (Wildman–Crippen LogP) is 2.55. The molecule has 1 saturated carbocycles. The highest BCUT2D eigenvalue weighted by molar-refractivity contribution is 5.77. The molecular weight excluding hydrogens is 186 g/mol. The van der Waals surface area contributed by atoms with E-state index < -0.39 is 0 Å². The molecule has 0 unspecified atom stereocenters. The Kier molecular flexibility index (Phi) is 1.91. The van der Waals surface area contributed by atoms with Crippen molar-refractivity contribution in [3.05, 3.63) is 24.3 Å². The summed E-state index contributed by atoms with van der Waals surface area (Å²) in [6, 6.07) is 8.86. The van der Waals surface area contributed by atoms with Crippen molar-refractivity contribution >= 4 is 17.0 Å². The Morgan fingerprint density at radius 3 is 2.80 bits per heavy atom. The van der Waals surface area contributed by atoms with Gasteiger partial charge in [0.15, 0.2) is 0 Å². The van der Waals surface area contributed by atoms with Crippen LogP contribution in [-0.2, 0) is 0 Å². The van der Waals surface area contributed by atoms with E-state index in [2.05, 4.69) is 28.0 Å². The van der Waals surface area contributed by atoms with Crippen molar-refractivity contribution in [3.63, 3.8) is 0 Å². The summed E-state index contributed by atoms with van der Waals surface area (Å²) < 4.78 is 0. The maximum absolute atomic E-state index is 4.59. The molecule has 1 aromatic heterocycles. The molecule has 0 aliphatic heterocycles. The van der Waals surface area contributed by atoms with Crippen LogP contribution in [-0.4, -0.2) is 23.1 Å². The molecule has 1 heterocycles. The van der Waals surface area contributed by atoms with Crippen LogP contribution in [0.25, 0.3) is 11.0 Å². The van der Waals surface area contributed by atoms with E-state index in [1.807, 2.05) is 18.2 Å². The zero-order chi connectivity index (χ0) is 10.3. The molecule has 3 nitrogen and oxygen atoms in total. The summed E-state index contributed by atoms with van der Waals surface area (Å²) in [5.74, 6) is 1.00. The van der Waals surface area contributed by atoms with Gasteiger partial charge in [-0.15, -0.1) is 0 Å². The highest BCUT2D eigenvalue weighted by Crippen LogP contribution is 2.27. The zero-order valence-electron chi connectivity index (χ0n) is 8.90. The lowest BCUT2D eigenvalue weighted by atomic mass is 9.92. The van der Waals surface area contributed by atoms with Gasteiger partial charge in [0.05, 0.1) is 11.0 Å². The monoisotopic (exact) mass is 201 g/mol. The molecule has 1 aromatic carbocycles. The second-order valence-electron chi connectivity index (χ2n) is 4.27. The minimum atomic E-state index is 0.686. The van der Waals surface area contributed by atoms with E-state index in [1.165, 1.54) is 19.3 Å². The van der Waals surface area contributed by atoms with Crippen LogP contribution >= 0.6 is 0 Å². The van der Waals surface area contributed by atoms with Crippen LogP contribution in [0.4, 0.5) is 5.95 Å². The first-order valence-electron chi connectivity index (χ1n) is 5.52. The summed E-state index contributed by atoms with van der Waals surface area (Å²) in [4.78, 5) is 10.2. The Morgan fingerprint density at radius 2 is 2.13 bits per heavy atom. The van der Waals surface area contributed by atoms with Crippen molar-refractivity contribution in [2.45, 2.75) is 25.3 Å². The fourth-order valence-electron chi connectivity index (χ4n) is 2.05. The Morgan fingerprint density at radius 1 is 1.33 bits per heavy atom. The van der Waals surface area contributed by atoms with Gasteiger partial charge in [-0.3, -0.25) is 0 Å². The van der Waals surface area contributed by atoms with Gasteiger partial charge < -0.3 is 9.88 Å². The van der Waals surface area contributed by atoms with E-state index in [1.54, 1.807) is 0 Å². The molecule has 0 saturated heterocycles. The molecule has 1 aliphatic carbocycles. The maximum Gasteiger partial charge on any atom is 0.203 e. The minimum Gasteiger partial charge on any atom is -0.342 e. The molecule has 0 radical (unpaired) electrons. The molecule has 0 spiro atoms. The third-order valence-electron chi connectivity index (χ3n) is 3.33. The fraction of sp³-hybridized carbons (Fsp3) is 0.417. The Bertz CT molecular complexity index is 437. The number of rotatable bonds is 2. The van der Waals surface area contributed by atoms with Crippen LogP contribution in [0.15, 0.2) is 24.3 Å². The van der Waals surface area contributed by atoms with Crippen LogP contribution in [0.1, 0.15) is 19.3 Å². The normalized spacial score (nSPS) is 16.6. The summed E-state index contributed by atoms with van der Waals surface area (Å²) in [6.45, 7) is 0. The standard InChI is InChI=1S/C12H15N3/c1-15(9-5-4-6-9)12-13-10-7-2-3-8-11(10)14-12/h2-3,7-9H,4-6H2,1H3,(H,13,14). The van der Waals surface area contributed by atoms with E-state index in [-0.39, 0.29) is 0 Å². The topological polar surface area (TPSA) is 31.9 Å². The predicted molar refractivity (Wildman–Crippen MR) is 62.1 cm³/mol. The minimum absolute atomic E-state index is 0.686. The van der Waals surface area contributed by atoms with E-state index in [9.17, 15) is 0 Å². The number of hydrogen-bond acceptors (Lipinski definition) is 2. The van der Waals surface area contributed by atoms with Crippen molar-refractivity contribution in [1.29, 1.82) is 0 Å². The highest BCUT2D eigenvalue weighted by atomic mass is 15.3. The van der Waals surface area contributed by atoms with E-state index in [0.29, 0.717) is 6.04 Å². The van der Waals surface area contributed by atoms with Gasteiger partial charge in [0.25, 0.3) is 0 Å². The first-order valence-corrected chi connectivity index (χ1v) is 5.52. The van der Waals surface area contributed by atoms with Crippen LogP contribution in [0.5, 0.6) is 0 Å². The number of nitrogens with one attached hydrogen (secondary N) is 1. The van der Waals surface area contributed by atoms with Crippen molar-refractivity contribution in [2.24, 2.45) is 0 Å². The Labute approximate surface area is 89.1 Å². The smallest absolute Gasteiger partial charge is 0.203 e. The van der Waals surface area contributed by atoms with Crippen molar-refractivity contribution < 1.29 is 0 Å². The number of aromatic nitrogens is 2. The van der Waals surface area contributed by atoms with Crippen LogP contribution in [0.2, 0.25) is 0 Å². The molecular formula is C12H15N3. The van der Waals surface area contributed by atoms with Gasteiger partial charge in [-0.1, -0.05) is 12.1 Å². The van der Waals surface area contributed by atoms with Crippen LogP contribution < -0.4 is 4.90 Å². The Hall–Kier alpha value is -1.51. The number of fused-ring (bicyclic) bond motifs is 1. The SMILES string of the molecule is CN(c1nc2ccccc2[nH]1)C1CCC1. The maximum atomic E-state index is 4.59. The number of benzene rings is 1. The second-order valence-corrected chi connectivity index (χ2v) is 4.27. The zero-order valence-corrected chi connectivity index (χ0v) is 8.90. The number of nitrogens with zero attached hydrogens (tertiary/aromatic N) is 2. The molecule has 0 bridgehead atoms. The van der Waals surface area contributed by atoms with E-state index in [0.717, 1.165) is 17.0 Å². The molecule has 1 fully saturated rings. The quantitative estimate of drug-likeness (QED) is 0.809. The highest BCUT2D eigenvalue weighted by Gasteiger charge is 2.23. The largest absolute Gasteiger partial charge is 0.342 e. The van der Waals surface area contributed by atoms with Gasteiger partial charge in [0, 0.05) is 13.1 Å². The number of aromatic amines is 1. The van der Waals surface area contributed by atoms with Crippen molar-refractivity contribution in [3.8, 4) is 0 Å². The lowest BCUT2D eigenvalue weighted by Crippen LogP contribution is -2.37. The molecule has 0 atom stereocenters. The second kappa shape index (κ2) is 3.26. The molecule has 2 aromatic rings. The van der Waals surface area contributed by atoms with Gasteiger partial charge >= 0.3 is 0 Å². The number of hydrogen-bond donors (Lipinski definition) is 1. The number of imidazole rings is 1. The average Bonchev–Trinajstić information content (AvgIpc) is 2.58. The number of para-hydroxylation sites is 2. The molecule has 3 heteroatoms. The van der Waals surface area contributed by atoms with Gasteiger partial charge in [0.2, 0.25) is 5.95 Å². The van der Waals surface area contributed by atoms with E-state index >= 15 is 0 Å². The summed E-state index contributed by atoms with van der Waals surface area (Å²) in [7, 11) is 2.13. The lowest BCUT2D eigenvalue weighted by Gasteiger charge is -2.34. The van der Waals surface area contributed by atoms with Crippen LogP contribution in [0.3, 0.4) is 0 Å². The summed E-state index contributed by atoms with van der Waals surface area (Å²) in [6.07, 6.45) is 3.95. The van der Waals surface area contributed by atoms with Crippen molar-refractivity contribution in [1.82, 2.24) is 9.97 Å². The number of anilines is 1. The molecule has 78 valence electrons. The summed E-state index contributed by atoms with van der Waals surface area (Å²) >= 11 is 0. The third kappa shape index (κ3) is 1.39. The molecule has 1 aliphatic rings.